The summed E-state index contributed by atoms with van der Waals surface area (Å²) in [6.07, 6.45) is 0. The summed E-state index contributed by atoms with van der Waals surface area (Å²) in [5.74, 6) is 0. The van der Waals surface area contributed by atoms with Crippen LogP contribution in [0.25, 0.3) is 0 Å². The molecule has 0 bridgehead atoms. The molecule has 0 saturated carbocycles. The Morgan fingerprint density at radius 3 is 1.09 bits per heavy atom. The maximum absolute atomic E-state index is 9.96. The zero-order chi connectivity index (χ0) is 8.58. The molecule has 0 fully saturated rings. The standard InChI is InChI=1S/CH6O7S2.Na.H/c2-1(9(3,4)5)10(6,7)8;;/h9-10H,(H2,3,4,5)(H2,6,7,8);;. The molecule has 7 nitrogen and oxygen atoms in total. The van der Waals surface area contributed by atoms with Gasteiger partial charge in [-0.3, -0.25) is 4.79 Å². The van der Waals surface area contributed by atoms with Gasteiger partial charge in [0.2, 0.25) is 0 Å². The Hall–Kier alpha value is 0.810. The van der Waals surface area contributed by atoms with Crippen molar-refractivity contribution in [2.75, 3.05) is 0 Å². The maximum atomic E-state index is 9.96. The van der Waals surface area contributed by atoms with Crippen molar-refractivity contribution >= 4 is 55.0 Å². The molecule has 0 aliphatic heterocycles. The zero-order valence-corrected chi connectivity index (χ0v) is 6.20. The van der Waals surface area contributed by atoms with Gasteiger partial charge in [0.25, 0.3) is 0 Å². The first-order valence-electron chi connectivity index (χ1n) is 1.82. The van der Waals surface area contributed by atoms with E-state index in [0.717, 1.165) is 0 Å². The predicted octanol–water partition coefficient (Wildman–Crippen LogP) is -1.62. The molecule has 10 heteroatoms. The number of hydrogen-bond donors (Lipinski definition) is 6. The number of hydrogen-bond acceptors (Lipinski definition) is 3. The number of thiol groups is 2. The Bertz CT molecular complexity index is 209. The summed E-state index contributed by atoms with van der Waals surface area (Å²) in [4.78, 5) is 9.96. The van der Waals surface area contributed by atoms with E-state index in [0.29, 0.717) is 0 Å². The molecule has 0 atom stereocenters. The van der Waals surface area contributed by atoms with Crippen molar-refractivity contribution < 1.29 is 31.4 Å². The normalized spacial score (nSPS) is 14.9. The van der Waals surface area contributed by atoms with E-state index in [2.05, 4.69) is 0 Å². The predicted molar refractivity (Wildman–Crippen MR) is 42.1 cm³/mol. The van der Waals surface area contributed by atoms with E-state index in [4.69, 9.17) is 18.2 Å². The van der Waals surface area contributed by atoms with E-state index in [1.165, 1.54) is 0 Å². The van der Waals surface area contributed by atoms with Crippen LogP contribution in [0.3, 0.4) is 0 Å². The molecule has 0 aromatic carbocycles. The molecule has 0 aliphatic carbocycles. The molecule has 0 aliphatic rings. The van der Waals surface area contributed by atoms with Crippen LogP contribution < -0.4 is 0 Å². The van der Waals surface area contributed by atoms with Crippen LogP contribution in [0.2, 0.25) is 0 Å². The van der Waals surface area contributed by atoms with Crippen LogP contribution in [0, 0.1) is 0 Å². The summed E-state index contributed by atoms with van der Waals surface area (Å²) in [7, 11) is -10.6. The second-order valence-corrected chi connectivity index (χ2v) is 4.71. The van der Waals surface area contributed by atoms with Gasteiger partial charge in [-0.2, -0.15) is 0 Å². The van der Waals surface area contributed by atoms with Gasteiger partial charge in [0.1, 0.15) is 21.0 Å². The van der Waals surface area contributed by atoms with Crippen LogP contribution in [-0.4, -0.2) is 60.6 Å². The molecule has 66 valence electrons. The molecule has 0 spiro atoms. The summed E-state index contributed by atoms with van der Waals surface area (Å²) in [5, 5.41) is 0. The van der Waals surface area contributed by atoms with E-state index < -0.39 is 25.4 Å². The molecule has 0 amide bonds. The van der Waals surface area contributed by atoms with Gasteiger partial charge in [-0.05, 0) is 0 Å². The minimum absolute atomic E-state index is 0. The fraction of sp³-hybridized carbons (Fsp3) is 0. The average Bonchev–Trinajstić information content (AvgIpc) is 1.59. The summed E-state index contributed by atoms with van der Waals surface area (Å²) >= 11 is 0. The third-order valence-corrected chi connectivity index (χ3v) is 3.06. The molecule has 0 radical (unpaired) electrons. The third kappa shape index (κ3) is 5.11. The summed E-state index contributed by atoms with van der Waals surface area (Å²) in [6, 6.07) is 0. The Morgan fingerprint density at radius 1 is 0.909 bits per heavy atom. The van der Waals surface area contributed by atoms with E-state index in [1.807, 2.05) is 0 Å². The molecule has 0 rings (SSSR count). The monoisotopic (exact) mass is 218 g/mol. The van der Waals surface area contributed by atoms with Crippen molar-refractivity contribution in [3.8, 4) is 0 Å². The summed E-state index contributed by atoms with van der Waals surface area (Å²) in [6.45, 7) is 0. The number of rotatable bonds is 0. The van der Waals surface area contributed by atoms with E-state index in [-0.39, 0.29) is 29.6 Å². The summed E-state index contributed by atoms with van der Waals surface area (Å²) < 4.78 is 48.9. The molecule has 0 aromatic rings. The van der Waals surface area contributed by atoms with E-state index in [9.17, 15) is 13.2 Å². The fourth-order valence-electron chi connectivity index (χ4n) is 0.170. The van der Waals surface area contributed by atoms with Crippen molar-refractivity contribution in [3.63, 3.8) is 0 Å². The zero-order valence-electron chi connectivity index (χ0n) is 4.41. The topological polar surface area (TPSA) is 132 Å². The molecular weight excluding hydrogens is 211 g/mol. The van der Waals surface area contributed by atoms with Crippen LogP contribution in [-0.2, 0) is 21.0 Å². The van der Waals surface area contributed by atoms with Crippen LogP contribution in [0.15, 0.2) is 0 Å². The van der Waals surface area contributed by atoms with Crippen molar-refractivity contribution in [2.45, 2.75) is 0 Å². The molecule has 4 N–H and O–H groups in total. The Balaban J connectivity index is 0. The Labute approximate surface area is 86.0 Å². The van der Waals surface area contributed by atoms with Crippen LogP contribution in [0.5, 0.6) is 0 Å². The van der Waals surface area contributed by atoms with Crippen LogP contribution in [0.1, 0.15) is 0 Å². The van der Waals surface area contributed by atoms with Gasteiger partial charge in [-0.1, -0.05) is 0 Å². The van der Waals surface area contributed by atoms with Crippen molar-refractivity contribution in [1.29, 1.82) is 0 Å². The second-order valence-electron chi connectivity index (χ2n) is 1.37. The van der Waals surface area contributed by atoms with Crippen molar-refractivity contribution in [2.24, 2.45) is 0 Å². The van der Waals surface area contributed by atoms with Gasteiger partial charge >= 0.3 is 34.0 Å². The number of carbonyl (C=O) groups is 1. The van der Waals surface area contributed by atoms with E-state index >= 15 is 0 Å². The van der Waals surface area contributed by atoms with Crippen molar-refractivity contribution in [3.05, 3.63) is 0 Å². The Kier molecular flexibility index (Phi) is 5.43. The Morgan fingerprint density at radius 2 is 1.09 bits per heavy atom. The molecule has 11 heavy (non-hydrogen) atoms. The summed E-state index contributed by atoms with van der Waals surface area (Å²) in [5.41, 5.74) is 0. The van der Waals surface area contributed by atoms with Crippen LogP contribution >= 0.6 is 0 Å². The number of carbonyl (C=O) groups excluding carboxylic acids is 1. The first kappa shape index (κ1) is 14.3. The molecule has 0 aromatic heterocycles. The van der Waals surface area contributed by atoms with Crippen molar-refractivity contribution in [1.82, 2.24) is 0 Å². The quantitative estimate of drug-likeness (QED) is 0.213. The van der Waals surface area contributed by atoms with Crippen LogP contribution in [0.4, 0.5) is 4.79 Å². The van der Waals surface area contributed by atoms with Gasteiger partial charge in [0.05, 0.1) is 0 Å². The SMILES string of the molecule is O=C([SH](=O)(O)O)[SH](=O)(O)O.[NaH]. The fourth-order valence-corrected chi connectivity index (χ4v) is 1.53. The second kappa shape index (κ2) is 4.16. The van der Waals surface area contributed by atoms with Gasteiger partial charge in [-0.25, -0.2) is 8.42 Å². The first-order valence-corrected chi connectivity index (χ1v) is 5.04. The molecule has 0 heterocycles. The molecular formula is CH7NaO7S2. The average molecular weight is 218 g/mol. The van der Waals surface area contributed by atoms with Gasteiger partial charge in [-0.15, -0.1) is 0 Å². The van der Waals surface area contributed by atoms with Gasteiger partial charge in [0.15, 0.2) is 0 Å². The van der Waals surface area contributed by atoms with Gasteiger partial charge < -0.3 is 18.2 Å². The third-order valence-electron chi connectivity index (χ3n) is 0.498. The minimum atomic E-state index is -5.28. The first-order chi connectivity index (χ1) is 4.15. The van der Waals surface area contributed by atoms with E-state index in [1.54, 1.807) is 0 Å². The molecule has 0 unspecified atom stereocenters. The van der Waals surface area contributed by atoms with Gasteiger partial charge in [0, 0.05) is 0 Å². The molecule has 0 saturated heterocycles.